The molecule has 5 atom stereocenters. The van der Waals surface area contributed by atoms with Crippen LogP contribution in [0.1, 0.15) is 13.8 Å². The SMILES string of the molecule is C=CCO[C@H]1O[C@H](CO)[C@H](OC(C)=O)[C@H](O)[C@H]1OC(C)=O. The molecule has 0 aromatic carbocycles. The van der Waals surface area contributed by atoms with Gasteiger partial charge < -0.3 is 29.2 Å². The molecule has 1 saturated heterocycles. The van der Waals surface area contributed by atoms with Crippen molar-refractivity contribution in [3.8, 4) is 0 Å². The van der Waals surface area contributed by atoms with E-state index in [0.717, 1.165) is 13.8 Å². The Labute approximate surface area is 122 Å². The van der Waals surface area contributed by atoms with E-state index in [2.05, 4.69) is 6.58 Å². The molecule has 8 heteroatoms. The number of hydrogen-bond acceptors (Lipinski definition) is 8. The van der Waals surface area contributed by atoms with Crippen molar-refractivity contribution in [3.05, 3.63) is 12.7 Å². The van der Waals surface area contributed by atoms with Crippen LogP contribution in [0.5, 0.6) is 0 Å². The van der Waals surface area contributed by atoms with Crippen LogP contribution in [0.15, 0.2) is 12.7 Å². The molecule has 0 aliphatic carbocycles. The Bertz CT molecular complexity index is 382. The lowest BCUT2D eigenvalue weighted by Crippen LogP contribution is -2.61. The summed E-state index contributed by atoms with van der Waals surface area (Å²) in [5, 5.41) is 19.5. The first-order valence-electron chi connectivity index (χ1n) is 6.42. The van der Waals surface area contributed by atoms with Crippen molar-refractivity contribution < 1.29 is 38.7 Å². The van der Waals surface area contributed by atoms with Gasteiger partial charge in [-0.1, -0.05) is 6.08 Å². The molecule has 2 N–H and O–H groups in total. The van der Waals surface area contributed by atoms with E-state index >= 15 is 0 Å². The fourth-order valence-corrected chi connectivity index (χ4v) is 1.99. The van der Waals surface area contributed by atoms with Crippen molar-refractivity contribution in [2.45, 2.75) is 44.6 Å². The van der Waals surface area contributed by atoms with Gasteiger partial charge in [0.15, 0.2) is 18.5 Å². The van der Waals surface area contributed by atoms with Crippen molar-refractivity contribution in [1.29, 1.82) is 0 Å². The Hall–Kier alpha value is -1.48. The third-order valence-electron chi connectivity index (χ3n) is 2.78. The van der Waals surface area contributed by atoms with Crippen LogP contribution in [0.4, 0.5) is 0 Å². The van der Waals surface area contributed by atoms with Crippen molar-refractivity contribution >= 4 is 11.9 Å². The molecule has 21 heavy (non-hydrogen) atoms. The second-order valence-electron chi connectivity index (χ2n) is 4.49. The van der Waals surface area contributed by atoms with Crippen molar-refractivity contribution in [3.63, 3.8) is 0 Å². The topological polar surface area (TPSA) is 112 Å². The van der Waals surface area contributed by atoms with E-state index in [-0.39, 0.29) is 6.61 Å². The summed E-state index contributed by atoms with van der Waals surface area (Å²) in [6, 6.07) is 0. The van der Waals surface area contributed by atoms with Crippen molar-refractivity contribution in [1.82, 2.24) is 0 Å². The fraction of sp³-hybridized carbons (Fsp3) is 0.692. The minimum absolute atomic E-state index is 0.0888. The molecule has 1 aliphatic rings. The van der Waals surface area contributed by atoms with E-state index < -0.39 is 49.3 Å². The monoisotopic (exact) mass is 304 g/mol. The van der Waals surface area contributed by atoms with Gasteiger partial charge in [0, 0.05) is 13.8 Å². The summed E-state index contributed by atoms with van der Waals surface area (Å²) in [5.41, 5.74) is 0. The van der Waals surface area contributed by atoms with Crippen LogP contribution >= 0.6 is 0 Å². The molecule has 1 heterocycles. The van der Waals surface area contributed by atoms with E-state index in [0.29, 0.717) is 0 Å². The highest BCUT2D eigenvalue weighted by molar-refractivity contribution is 5.67. The Morgan fingerprint density at radius 1 is 1.24 bits per heavy atom. The highest BCUT2D eigenvalue weighted by atomic mass is 16.7. The molecule has 1 rings (SSSR count). The van der Waals surface area contributed by atoms with Crippen LogP contribution < -0.4 is 0 Å². The first-order valence-corrected chi connectivity index (χ1v) is 6.42. The molecule has 0 saturated carbocycles. The molecular weight excluding hydrogens is 284 g/mol. The molecule has 0 amide bonds. The van der Waals surface area contributed by atoms with Crippen LogP contribution in [0.25, 0.3) is 0 Å². The van der Waals surface area contributed by atoms with Crippen molar-refractivity contribution in [2.24, 2.45) is 0 Å². The zero-order chi connectivity index (χ0) is 16.0. The maximum Gasteiger partial charge on any atom is 0.303 e. The highest BCUT2D eigenvalue weighted by Crippen LogP contribution is 2.26. The van der Waals surface area contributed by atoms with Crippen LogP contribution in [0.3, 0.4) is 0 Å². The normalized spacial score (nSPS) is 32.3. The fourth-order valence-electron chi connectivity index (χ4n) is 1.99. The lowest BCUT2D eigenvalue weighted by Gasteiger charge is -2.42. The Kier molecular flexibility index (Phi) is 6.76. The maximum atomic E-state index is 11.1. The summed E-state index contributed by atoms with van der Waals surface area (Å²) in [7, 11) is 0. The number of hydrogen-bond donors (Lipinski definition) is 2. The van der Waals surface area contributed by atoms with Gasteiger partial charge in [0.05, 0.1) is 13.2 Å². The summed E-state index contributed by atoms with van der Waals surface area (Å²) >= 11 is 0. The Morgan fingerprint density at radius 2 is 1.81 bits per heavy atom. The van der Waals surface area contributed by atoms with Gasteiger partial charge >= 0.3 is 11.9 Å². The van der Waals surface area contributed by atoms with E-state index in [9.17, 15) is 19.8 Å². The number of aliphatic hydroxyl groups excluding tert-OH is 2. The number of carbonyl (C=O) groups excluding carboxylic acids is 2. The van der Waals surface area contributed by atoms with E-state index in [1.54, 1.807) is 0 Å². The predicted octanol–water partition coefficient (Wildman–Crippen LogP) is -0.869. The molecular formula is C13H20O8. The molecule has 0 spiro atoms. The molecule has 8 nitrogen and oxygen atoms in total. The number of carbonyl (C=O) groups is 2. The summed E-state index contributed by atoms with van der Waals surface area (Å²) in [5.74, 6) is -1.31. The van der Waals surface area contributed by atoms with E-state index in [1.807, 2.05) is 0 Å². The summed E-state index contributed by atoms with van der Waals surface area (Å²) in [6.45, 7) is 5.38. The smallest absolute Gasteiger partial charge is 0.303 e. The van der Waals surface area contributed by atoms with Gasteiger partial charge in [-0.2, -0.15) is 0 Å². The Morgan fingerprint density at radius 3 is 2.29 bits per heavy atom. The van der Waals surface area contributed by atoms with Gasteiger partial charge in [-0.15, -0.1) is 6.58 Å². The molecule has 0 bridgehead atoms. The lowest BCUT2D eigenvalue weighted by molar-refractivity contribution is -0.303. The number of aliphatic hydroxyl groups is 2. The average molecular weight is 304 g/mol. The second kappa shape index (κ2) is 8.08. The zero-order valence-electron chi connectivity index (χ0n) is 11.9. The first kappa shape index (κ1) is 17.6. The number of rotatable bonds is 6. The molecule has 0 aromatic heterocycles. The largest absolute Gasteiger partial charge is 0.457 e. The van der Waals surface area contributed by atoms with E-state index in [1.165, 1.54) is 6.08 Å². The second-order valence-corrected chi connectivity index (χ2v) is 4.49. The van der Waals surface area contributed by atoms with Gasteiger partial charge in [-0.05, 0) is 0 Å². The first-order chi connectivity index (χ1) is 9.90. The van der Waals surface area contributed by atoms with E-state index in [4.69, 9.17) is 18.9 Å². The summed E-state index contributed by atoms with van der Waals surface area (Å²) in [6.07, 6.45) is -4.39. The third kappa shape index (κ3) is 4.78. The van der Waals surface area contributed by atoms with Crippen LogP contribution in [0.2, 0.25) is 0 Å². The van der Waals surface area contributed by atoms with Gasteiger partial charge in [-0.3, -0.25) is 9.59 Å². The highest BCUT2D eigenvalue weighted by Gasteiger charge is 2.49. The van der Waals surface area contributed by atoms with Crippen LogP contribution in [-0.4, -0.2) is 66.1 Å². The summed E-state index contributed by atoms with van der Waals surface area (Å²) in [4.78, 5) is 22.2. The molecule has 0 radical (unpaired) electrons. The molecule has 120 valence electrons. The van der Waals surface area contributed by atoms with Crippen LogP contribution in [-0.2, 0) is 28.5 Å². The van der Waals surface area contributed by atoms with Gasteiger partial charge in [0.25, 0.3) is 0 Å². The minimum Gasteiger partial charge on any atom is -0.457 e. The number of esters is 2. The molecule has 1 aliphatic heterocycles. The number of ether oxygens (including phenoxy) is 4. The Balaban J connectivity index is 2.93. The lowest BCUT2D eigenvalue weighted by atomic mass is 9.98. The van der Waals surface area contributed by atoms with Gasteiger partial charge in [0.2, 0.25) is 0 Å². The van der Waals surface area contributed by atoms with Crippen molar-refractivity contribution in [2.75, 3.05) is 13.2 Å². The zero-order valence-corrected chi connectivity index (χ0v) is 11.9. The molecule has 1 fully saturated rings. The molecule has 0 unspecified atom stereocenters. The third-order valence-corrected chi connectivity index (χ3v) is 2.78. The van der Waals surface area contributed by atoms with Gasteiger partial charge in [-0.25, -0.2) is 0 Å². The van der Waals surface area contributed by atoms with Gasteiger partial charge in [0.1, 0.15) is 12.2 Å². The average Bonchev–Trinajstić information content (AvgIpc) is 2.41. The minimum atomic E-state index is -1.39. The van der Waals surface area contributed by atoms with Crippen LogP contribution in [0, 0.1) is 0 Å². The summed E-state index contributed by atoms with van der Waals surface area (Å²) < 4.78 is 20.6. The standard InChI is InChI=1S/C13H20O8/c1-4-5-18-13-12(20-8(3)16)10(17)11(19-7(2)15)9(6-14)21-13/h4,9-14,17H,1,5-6H2,2-3H3/t9-,10+,11+,12-,13+/m1/s1. The quantitative estimate of drug-likeness (QED) is 0.481. The maximum absolute atomic E-state index is 11.1. The predicted molar refractivity (Wildman–Crippen MR) is 69.0 cm³/mol. The molecule has 0 aromatic rings.